The standard InChI is InChI=1S/C19H23BrN2O6/c1-6-27-18(24)14-10(4)21-19(25)22-15(14)11-7-12(20)16(13(8-11)26-5)28-17(23)9(2)3/h7-9,15H,6H2,1-5H3,(H2,21,22,25). The van der Waals surface area contributed by atoms with E-state index in [2.05, 4.69) is 26.6 Å². The summed E-state index contributed by atoms with van der Waals surface area (Å²) in [5.41, 5.74) is 1.24. The summed E-state index contributed by atoms with van der Waals surface area (Å²) in [6.45, 7) is 6.98. The molecule has 2 rings (SSSR count). The van der Waals surface area contributed by atoms with Gasteiger partial charge in [0, 0.05) is 5.70 Å². The SMILES string of the molecule is CCOC(=O)C1=C(C)NC(=O)NC1c1cc(Br)c(OC(=O)C(C)C)c(OC)c1. The maximum atomic E-state index is 12.4. The van der Waals surface area contributed by atoms with Crippen molar-refractivity contribution in [2.45, 2.75) is 33.7 Å². The quantitative estimate of drug-likeness (QED) is 0.505. The Hall–Kier alpha value is -2.55. The molecule has 0 radical (unpaired) electrons. The van der Waals surface area contributed by atoms with Crippen molar-refractivity contribution >= 4 is 33.9 Å². The number of hydrogen-bond donors (Lipinski definition) is 2. The Morgan fingerprint density at radius 3 is 2.54 bits per heavy atom. The summed E-state index contributed by atoms with van der Waals surface area (Å²) in [5.74, 6) is -0.760. The van der Waals surface area contributed by atoms with Crippen LogP contribution in [0.2, 0.25) is 0 Å². The van der Waals surface area contributed by atoms with Gasteiger partial charge in [0.1, 0.15) is 0 Å². The highest BCUT2D eigenvalue weighted by Crippen LogP contribution is 2.40. The number of halogens is 1. The van der Waals surface area contributed by atoms with Gasteiger partial charge in [-0.15, -0.1) is 0 Å². The van der Waals surface area contributed by atoms with Crippen LogP contribution in [-0.2, 0) is 14.3 Å². The molecule has 152 valence electrons. The molecule has 8 nitrogen and oxygen atoms in total. The molecular formula is C19H23BrN2O6. The molecule has 0 bridgehead atoms. The molecule has 0 spiro atoms. The van der Waals surface area contributed by atoms with E-state index in [1.165, 1.54) is 7.11 Å². The third kappa shape index (κ3) is 4.64. The first-order valence-electron chi connectivity index (χ1n) is 8.74. The molecule has 2 amide bonds. The van der Waals surface area contributed by atoms with Gasteiger partial charge in [0.15, 0.2) is 11.5 Å². The predicted molar refractivity (Wildman–Crippen MR) is 105 cm³/mol. The molecule has 1 aliphatic rings. The average Bonchev–Trinajstić information content (AvgIpc) is 2.62. The van der Waals surface area contributed by atoms with Crippen molar-refractivity contribution in [3.05, 3.63) is 33.4 Å². The van der Waals surface area contributed by atoms with Gasteiger partial charge in [-0.1, -0.05) is 13.8 Å². The molecule has 1 aliphatic heterocycles. The van der Waals surface area contributed by atoms with Crippen molar-refractivity contribution < 1.29 is 28.6 Å². The van der Waals surface area contributed by atoms with Gasteiger partial charge in [-0.2, -0.15) is 0 Å². The van der Waals surface area contributed by atoms with Crippen LogP contribution in [0, 0.1) is 5.92 Å². The smallest absolute Gasteiger partial charge is 0.338 e. The Morgan fingerprint density at radius 2 is 1.96 bits per heavy atom. The zero-order chi connectivity index (χ0) is 21.0. The highest BCUT2D eigenvalue weighted by Gasteiger charge is 2.33. The minimum atomic E-state index is -0.757. The lowest BCUT2D eigenvalue weighted by molar-refractivity contribution is -0.139. The van der Waals surface area contributed by atoms with Crippen molar-refractivity contribution in [1.82, 2.24) is 10.6 Å². The summed E-state index contributed by atoms with van der Waals surface area (Å²) in [5, 5.41) is 5.29. The highest BCUT2D eigenvalue weighted by atomic mass is 79.9. The Labute approximate surface area is 171 Å². The second-order valence-electron chi connectivity index (χ2n) is 6.40. The normalized spacial score (nSPS) is 16.4. The van der Waals surface area contributed by atoms with Crippen LogP contribution in [0.4, 0.5) is 4.79 Å². The lowest BCUT2D eigenvalue weighted by atomic mass is 9.95. The number of nitrogens with one attached hydrogen (secondary N) is 2. The first-order valence-corrected chi connectivity index (χ1v) is 9.53. The van der Waals surface area contributed by atoms with Gasteiger partial charge in [-0.05, 0) is 47.5 Å². The molecule has 1 heterocycles. The maximum absolute atomic E-state index is 12.4. The van der Waals surface area contributed by atoms with E-state index in [1.54, 1.807) is 39.8 Å². The number of carbonyl (C=O) groups is 3. The first-order chi connectivity index (χ1) is 13.2. The number of carbonyl (C=O) groups excluding carboxylic acids is 3. The summed E-state index contributed by atoms with van der Waals surface area (Å²) >= 11 is 3.38. The summed E-state index contributed by atoms with van der Waals surface area (Å²) in [6, 6.07) is 2.07. The molecule has 1 aromatic carbocycles. The van der Waals surface area contributed by atoms with Crippen molar-refractivity contribution in [2.24, 2.45) is 5.92 Å². The molecule has 9 heteroatoms. The van der Waals surface area contributed by atoms with Gasteiger partial charge in [-0.3, -0.25) is 4.79 Å². The van der Waals surface area contributed by atoms with Gasteiger partial charge >= 0.3 is 18.0 Å². The number of rotatable bonds is 6. The van der Waals surface area contributed by atoms with E-state index >= 15 is 0 Å². The minimum absolute atomic E-state index is 0.202. The van der Waals surface area contributed by atoms with Crippen LogP contribution in [0.3, 0.4) is 0 Å². The number of ether oxygens (including phenoxy) is 3. The first kappa shape index (κ1) is 21.7. The molecule has 0 saturated carbocycles. The number of amides is 2. The van der Waals surface area contributed by atoms with Gasteiger partial charge < -0.3 is 24.8 Å². The van der Waals surface area contributed by atoms with Crippen LogP contribution in [0.25, 0.3) is 0 Å². The molecule has 1 aromatic rings. The van der Waals surface area contributed by atoms with E-state index in [4.69, 9.17) is 14.2 Å². The van der Waals surface area contributed by atoms with E-state index in [1.807, 2.05) is 0 Å². The summed E-state index contributed by atoms with van der Waals surface area (Å²) in [4.78, 5) is 36.4. The van der Waals surface area contributed by atoms with Crippen LogP contribution in [-0.4, -0.2) is 31.7 Å². The molecular weight excluding hydrogens is 432 g/mol. The number of hydrogen-bond acceptors (Lipinski definition) is 6. The van der Waals surface area contributed by atoms with Gasteiger partial charge in [0.2, 0.25) is 0 Å². The molecule has 0 aromatic heterocycles. The number of benzene rings is 1. The predicted octanol–water partition coefficient (Wildman–Crippen LogP) is 3.21. The molecule has 2 N–H and O–H groups in total. The largest absolute Gasteiger partial charge is 0.493 e. The molecule has 1 atom stereocenters. The third-order valence-corrected chi connectivity index (χ3v) is 4.61. The van der Waals surface area contributed by atoms with Crippen LogP contribution in [0.1, 0.15) is 39.3 Å². The number of methoxy groups -OCH3 is 1. The molecule has 28 heavy (non-hydrogen) atoms. The van der Waals surface area contributed by atoms with Crippen LogP contribution >= 0.6 is 15.9 Å². The average molecular weight is 455 g/mol. The van der Waals surface area contributed by atoms with Crippen molar-refractivity contribution in [2.75, 3.05) is 13.7 Å². The number of esters is 2. The fraction of sp³-hybridized carbons (Fsp3) is 0.421. The number of allylic oxidation sites excluding steroid dienone is 1. The van der Waals surface area contributed by atoms with Crippen LogP contribution in [0.15, 0.2) is 27.9 Å². The maximum Gasteiger partial charge on any atom is 0.338 e. The van der Waals surface area contributed by atoms with E-state index in [0.29, 0.717) is 15.7 Å². The Kier molecular flexibility index (Phi) is 7.06. The van der Waals surface area contributed by atoms with Crippen LogP contribution in [0.5, 0.6) is 11.5 Å². The lowest BCUT2D eigenvalue weighted by Gasteiger charge is -2.28. The Morgan fingerprint density at radius 1 is 1.29 bits per heavy atom. The van der Waals surface area contributed by atoms with Gasteiger partial charge in [-0.25, -0.2) is 9.59 Å². The number of urea groups is 1. The Bertz CT molecular complexity index is 834. The van der Waals surface area contributed by atoms with E-state index < -0.39 is 24.0 Å². The minimum Gasteiger partial charge on any atom is -0.493 e. The molecule has 0 fully saturated rings. The summed E-state index contributed by atoms with van der Waals surface area (Å²) in [7, 11) is 1.44. The third-order valence-electron chi connectivity index (χ3n) is 4.02. The second kappa shape index (κ2) is 9.09. The zero-order valence-electron chi connectivity index (χ0n) is 16.3. The second-order valence-corrected chi connectivity index (χ2v) is 7.25. The van der Waals surface area contributed by atoms with E-state index in [-0.39, 0.29) is 29.6 Å². The van der Waals surface area contributed by atoms with E-state index in [0.717, 1.165) is 0 Å². The van der Waals surface area contributed by atoms with Gasteiger partial charge in [0.05, 0.1) is 35.7 Å². The van der Waals surface area contributed by atoms with Crippen molar-refractivity contribution in [3.8, 4) is 11.5 Å². The molecule has 0 saturated heterocycles. The van der Waals surface area contributed by atoms with Gasteiger partial charge in [0.25, 0.3) is 0 Å². The Balaban J connectivity index is 2.52. The molecule has 0 aliphatic carbocycles. The topological polar surface area (TPSA) is 103 Å². The fourth-order valence-corrected chi connectivity index (χ4v) is 3.19. The monoisotopic (exact) mass is 454 g/mol. The highest BCUT2D eigenvalue weighted by molar-refractivity contribution is 9.10. The molecule has 1 unspecified atom stereocenters. The fourth-order valence-electron chi connectivity index (χ4n) is 2.65. The summed E-state index contributed by atoms with van der Waals surface area (Å²) in [6.07, 6.45) is 0. The van der Waals surface area contributed by atoms with Crippen molar-refractivity contribution in [3.63, 3.8) is 0 Å². The summed E-state index contributed by atoms with van der Waals surface area (Å²) < 4.78 is 16.4. The van der Waals surface area contributed by atoms with E-state index in [9.17, 15) is 14.4 Å². The van der Waals surface area contributed by atoms with Crippen molar-refractivity contribution in [1.29, 1.82) is 0 Å². The zero-order valence-corrected chi connectivity index (χ0v) is 17.9. The van der Waals surface area contributed by atoms with Crippen LogP contribution < -0.4 is 20.1 Å². The lowest BCUT2D eigenvalue weighted by Crippen LogP contribution is -2.45.